The molecule has 0 aromatic carbocycles. The van der Waals surface area contributed by atoms with E-state index >= 15 is 0 Å². The van der Waals surface area contributed by atoms with Gasteiger partial charge in [-0.2, -0.15) is 0 Å². The summed E-state index contributed by atoms with van der Waals surface area (Å²) in [5, 5.41) is 55.9. The first-order valence-corrected chi connectivity index (χ1v) is 17.0. The van der Waals surface area contributed by atoms with Crippen molar-refractivity contribution < 1.29 is 82.2 Å². The quantitative estimate of drug-likeness (QED) is 0.0476. The highest BCUT2D eigenvalue weighted by Gasteiger charge is 2.57. The summed E-state index contributed by atoms with van der Waals surface area (Å²) in [5.41, 5.74) is 21.9. The summed E-state index contributed by atoms with van der Waals surface area (Å²) in [5.74, 6) is -2.41. The minimum Gasteiger partial charge on any atom is -0.394 e. The fourth-order valence-electron chi connectivity index (χ4n) is 5.63. The van der Waals surface area contributed by atoms with E-state index in [9.17, 15) is 54.2 Å². The zero-order valence-electron chi connectivity index (χ0n) is 25.0. The number of nitrogens with one attached hydrogen (secondary N) is 1. The number of nitrogens with two attached hydrogens (primary N) is 4. The molecule has 0 amide bonds. The number of rotatable bonds is 13. The Morgan fingerprint density at radius 2 is 1.34 bits per heavy atom. The van der Waals surface area contributed by atoms with Gasteiger partial charge in [0.25, 0.3) is 0 Å². The van der Waals surface area contributed by atoms with Crippen LogP contribution in [0.3, 0.4) is 0 Å². The number of phosphoric ester groups is 2. The Morgan fingerprint density at radius 3 is 1.83 bits per heavy atom. The van der Waals surface area contributed by atoms with Crippen LogP contribution in [0.2, 0.25) is 0 Å². The minimum atomic E-state index is -5.40. The molecule has 2 saturated heterocycles. The number of aliphatic imine (C=N–C) groups is 2. The lowest BCUT2D eigenvalue weighted by molar-refractivity contribution is -0.309. The normalized spacial score (nSPS) is 41.4. The Hall–Kier alpha value is -1.64. The van der Waals surface area contributed by atoms with Crippen molar-refractivity contribution >= 4 is 27.6 Å². The molecule has 47 heavy (non-hydrogen) atoms. The van der Waals surface area contributed by atoms with Crippen molar-refractivity contribution in [2.45, 2.75) is 92.6 Å². The van der Waals surface area contributed by atoms with Crippen LogP contribution < -0.4 is 28.3 Å². The lowest BCUT2D eigenvalue weighted by Gasteiger charge is -2.46. The number of ether oxygens (including phenoxy) is 4. The molecule has 274 valence electrons. The summed E-state index contributed by atoms with van der Waals surface area (Å²) in [6, 6.07) is -4.59. The minimum absolute atomic E-state index is 0.635. The van der Waals surface area contributed by atoms with Gasteiger partial charge in [0.15, 0.2) is 24.5 Å². The van der Waals surface area contributed by atoms with Gasteiger partial charge in [0.05, 0.1) is 25.4 Å². The molecule has 26 heteroatoms. The van der Waals surface area contributed by atoms with Crippen molar-refractivity contribution in [3.8, 4) is 0 Å². The van der Waals surface area contributed by atoms with Crippen molar-refractivity contribution in [3.05, 3.63) is 0 Å². The number of hydrogen-bond donors (Lipinski definition) is 14. The van der Waals surface area contributed by atoms with E-state index in [2.05, 4.69) is 19.8 Å². The van der Waals surface area contributed by atoms with Crippen molar-refractivity contribution in [1.29, 1.82) is 0 Å². The molecule has 2 heterocycles. The smallest absolute Gasteiger partial charge is 0.394 e. The summed E-state index contributed by atoms with van der Waals surface area (Å²) in [6.07, 6.45) is -18.1. The van der Waals surface area contributed by atoms with E-state index in [0.29, 0.717) is 0 Å². The Balaban J connectivity index is 2.05. The van der Waals surface area contributed by atoms with Gasteiger partial charge in [-0.3, -0.25) is 9.05 Å². The van der Waals surface area contributed by atoms with E-state index < -0.39 is 132 Å². The van der Waals surface area contributed by atoms with Crippen LogP contribution in [0, 0.1) is 5.92 Å². The van der Waals surface area contributed by atoms with Crippen molar-refractivity contribution in [2.24, 2.45) is 38.8 Å². The number of hydrogen-bond acceptors (Lipinski definition) is 16. The molecule has 0 bridgehead atoms. The van der Waals surface area contributed by atoms with Crippen LogP contribution in [-0.2, 0) is 37.1 Å². The molecule has 15 unspecified atom stereocenters. The van der Waals surface area contributed by atoms with E-state index in [0.717, 1.165) is 0 Å². The number of likely N-dealkylation sites (N-methyl/N-ethyl adjacent to an activating group) is 1. The summed E-state index contributed by atoms with van der Waals surface area (Å²) >= 11 is 0. The number of phosphoric acid groups is 2. The molecular weight excluding hydrogens is 684 g/mol. The summed E-state index contributed by atoms with van der Waals surface area (Å²) in [4.78, 5) is 45.4. The Labute approximate surface area is 267 Å². The third-order valence-corrected chi connectivity index (χ3v) is 8.78. The predicted octanol–water partition coefficient (Wildman–Crippen LogP) is -7.25. The van der Waals surface area contributed by atoms with Crippen LogP contribution in [0.4, 0.5) is 0 Å². The third kappa shape index (κ3) is 9.97. The van der Waals surface area contributed by atoms with Gasteiger partial charge in [0.2, 0.25) is 0 Å². The average molecular weight is 728 g/mol. The molecule has 1 aliphatic carbocycles. The van der Waals surface area contributed by atoms with Gasteiger partial charge in [-0.1, -0.05) is 0 Å². The first-order chi connectivity index (χ1) is 21.7. The fraction of sp³-hybridized carbons (Fsp3) is 0.905. The molecule has 3 aliphatic rings. The number of aliphatic hydroxyl groups is 5. The highest BCUT2D eigenvalue weighted by molar-refractivity contribution is 7.46. The van der Waals surface area contributed by atoms with Gasteiger partial charge < -0.3 is 92.3 Å². The Bertz CT molecular complexity index is 1200. The number of aliphatic hydroxyl groups excluding tert-OH is 5. The molecule has 15 atom stereocenters. The van der Waals surface area contributed by atoms with Gasteiger partial charge >= 0.3 is 15.6 Å². The van der Waals surface area contributed by atoms with E-state index in [1.807, 2.05) is 0 Å². The topological polar surface area (TPSA) is 412 Å². The lowest BCUT2D eigenvalue weighted by Crippen LogP contribution is -2.66. The maximum absolute atomic E-state index is 11.8. The van der Waals surface area contributed by atoms with Crippen LogP contribution in [-0.4, -0.2) is 163 Å². The number of nitrogens with zero attached hydrogens (tertiary/aromatic N) is 2. The standard InChI is InChI=1S/C21H43N7O17P2/c1-5-6(4-40-46(34,35)36)15(43-18-10(26-2)13(32)11(30)7(3-29)42-18)19(41-5)44-16-8(27-20(22)23)12(31)9(28-21(24)25)17(14(16)33)45-47(37,38)39/h5-19,26,29-33H,3-4H2,1-2H3,(H4,22,23,27)(H4,24,25,28)(H2,34,35,36)(H2,37,38,39). The van der Waals surface area contributed by atoms with Crippen molar-refractivity contribution in [2.75, 3.05) is 20.3 Å². The average Bonchev–Trinajstić information content (AvgIpc) is 3.23. The summed E-state index contributed by atoms with van der Waals surface area (Å²) in [7, 11) is -9.06. The fourth-order valence-corrected chi connectivity index (χ4v) is 6.56. The van der Waals surface area contributed by atoms with Crippen LogP contribution in [0.15, 0.2) is 9.98 Å². The third-order valence-electron chi connectivity index (χ3n) is 7.78. The highest BCUT2D eigenvalue weighted by Crippen LogP contribution is 2.45. The van der Waals surface area contributed by atoms with Crippen molar-refractivity contribution in [1.82, 2.24) is 5.32 Å². The molecule has 3 rings (SSSR count). The van der Waals surface area contributed by atoms with Crippen LogP contribution in [0.5, 0.6) is 0 Å². The first-order valence-electron chi connectivity index (χ1n) is 13.9. The second-order valence-electron chi connectivity index (χ2n) is 11.0. The monoisotopic (exact) mass is 727 g/mol. The molecule has 0 spiro atoms. The second-order valence-corrected chi connectivity index (χ2v) is 13.4. The molecule has 0 aromatic heterocycles. The molecule has 2 aliphatic heterocycles. The van der Waals surface area contributed by atoms with E-state index in [1.54, 1.807) is 0 Å². The van der Waals surface area contributed by atoms with Crippen molar-refractivity contribution in [3.63, 3.8) is 0 Å². The largest absolute Gasteiger partial charge is 0.470 e. The molecule has 18 N–H and O–H groups in total. The zero-order chi connectivity index (χ0) is 35.6. The predicted molar refractivity (Wildman–Crippen MR) is 154 cm³/mol. The first kappa shape index (κ1) is 39.8. The van der Waals surface area contributed by atoms with E-state index in [-0.39, 0.29) is 0 Å². The molecule has 0 radical (unpaired) electrons. The van der Waals surface area contributed by atoms with Gasteiger partial charge in [-0.25, -0.2) is 19.1 Å². The van der Waals surface area contributed by atoms with Gasteiger partial charge in [0.1, 0.15) is 60.9 Å². The van der Waals surface area contributed by atoms with Crippen LogP contribution in [0.25, 0.3) is 0 Å². The highest BCUT2D eigenvalue weighted by atomic mass is 31.2. The van der Waals surface area contributed by atoms with Gasteiger partial charge in [-0.15, -0.1) is 0 Å². The van der Waals surface area contributed by atoms with Crippen LogP contribution in [0.1, 0.15) is 6.92 Å². The molecule has 0 aromatic rings. The second kappa shape index (κ2) is 15.9. The van der Waals surface area contributed by atoms with Gasteiger partial charge in [0, 0.05) is 5.92 Å². The molecule has 24 nitrogen and oxygen atoms in total. The lowest BCUT2D eigenvalue weighted by atomic mass is 9.81. The maximum Gasteiger partial charge on any atom is 0.470 e. The number of guanidine groups is 2. The molecule has 3 fully saturated rings. The van der Waals surface area contributed by atoms with Crippen LogP contribution >= 0.6 is 15.6 Å². The van der Waals surface area contributed by atoms with E-state index in [4.69, 9.17) is 46.4 Å². The maximum atomic E-state index is 11.8. The molecule has 1 saturated carbocycles. The SMILES string of the molecule is CNC1C(OC2C(OC3C(O)C(OP(=O)(O)O)C(N=C(N)N)C(O)C3N=C(N)N)OC(C)C2COP(=O)(O)O)OC(CO)C(O)C1O. The Kier molecular flexibility index (Phi) is 13.5. The van der Waals surface area contributed by atoms with Gasteiger partial charge in [-0.05, 0) is 14.0 Å². The summed E-state index contributed by atoms with van der Waals surface area (Å²) < 4.78 is 56.4. The molecular formula is C21H43N7O17P2. The Morgan fingerprint density at radius 1 is 0.787 bits per heavy atom. The van der Waals surface area contributed by atoms with E-state index in [1.165, 1.54) is 14.0 Å². The zero-order valence-corrected chi connectivity index (χ0v) is 26.8. The summed E-state index contributed by atoms with van der Waals surface area (Å²) in [6.45, 7) is -0.0276.